The maximum Gasteiger partial charge on any atom is 0.224 e. The van der Waals surface area contributed by atoms with E-state index < -0.39 is 0 Å². The summed E-state index contributed by atoms with van der Waals surface area (Å²) in [5.41, 5.74) is 3.45. The van der Waals surface area contributed by atoms with Crippen molar-refractivity contribution in [2.24, 2.45) is 0 Å². The minimum absolute atomic E-state index is 0.0126. The molecule has 0 aliphatic heterocycles. The number of hydrogen-bond acceptors (Lipinski definition) is 4. The van der Waals surface area contributed by atoms with Gasteiger partial charge in [0.25, 0.3) is 0 Å². The quantitative estimate of drug-likeness (QED) is 0.436. The van der Waals surface area contributed by atoms with Gasteiger partial charge in [-0.1, -0.05) is 30.3 Å². The zero-order valence-electron chi connectivity index (χ0n) is 14.4. The van der Waals surface area contributed by atoms with Crippen LogP contribution in [-0.4, -0.2) is 10.9 Å². The molecule has 1 N–H and O–H groups in total. The van der Waals surface area contributed by atoms with Gasteiger partial charge in [0, 0.05) is 29.3 Å². The molecule has 0 radical (unpaired) electrons. The van der Waals surface area contributed by atoms with Gasteiger partial charge in [-0.15, -0.1) is 11.3 Å². The first-order chi connectivity index (χ1) is 13.3. The van der Waals surface area contributed by atoms with Crippen molar-refractivity contribution < 1.29 is 9.21 Å². The first kappa shape index (κ1) is 16.0. The first-order valence-electron chi connectivity index (χ1n) is 8.82. The smallest absolute Gasteiger partial charge is 0.224 e. The summed E-state index contributed by atoms with van der Waals surface area (Å²) in [6.45, 7) is 0. The lowest BCUT2D eigenvalue weighted by molar-refractivity contribution is -0.116. The minimum atomic E-state index is -0.0126. The third-order valence-corrected chi connectivity index (χ3v) is 5.66. The molecule has 5 rings (SSSR count). The number of fused-ring (bicyclic) bond motifs is 4. The van der Waals surface area contributed by atoms with Gasteiger partial charge in [-0.25, -0.2) is 4.98 Å². The van der Waals surface area contributed by atoms with Crippen LogP contribution in [0, 0.1) is 0 Å². The Bertz CT molecular complexity index is 1250. The highest BCUT2D eigenvalue weighted by atomic mass is 32.1. The summed E-state index contributed by atoms with van der Waals surface area (Å²) in [6.07, 6.45) is 1.05. The lowest BCUT2D eigenvalue weighted by Gasteiger charge is -2.04. The summed E-state index contributed by atoms with van der Waals surface area (Å²) in [5, 5.41) is 6.04. The normalized spacial score (nSPS) is 11.4. The summed E-state index contributed by atoms with van der Waals surface area (Å²) in [7, 11) is 0. The predicted molar refractivity (Wildman–Crippen MR) is 110 cm³/mol. The Morgan fingerprint density at radius 2 is 1.78 bits per heavy atom. The molecule has 132 valence electrons. The molecule has 1 amide bonds. The minimum Gasteiger partial charge on any atom is -0.456 e. The van der Waals surface area contributed by atoms with Crippen LogP contribution in [0.3, 0.4) is 0 Å². The van der Waals surface area contributed by atoms with Crippen molar-refractivity contribution in [3.8, 4) is 0 Å². The molecule has 0 spiro atoms. The fourth-order valence-electron chi connectivity index (χ4n) is 3.27. The molecule has 0 saturated carbocycles. The molecule has 0 unspecified atom stereocenters. The molecule has 5 aromatic rings. The molecule has 5 heteroatoms. The van der Waals surface area contributed by atoms with Crippen molar-refractivity contribution >= 4 is 55.1 Å². The number of aromatic nitrogens is 1. The number of amides is 1. The molecule has 0 fully saturated rings. The van der Waals surface area contributed by atoms with Crippen molar-refractivity contribution in [2.45, 2.75) is 12.8 Å². The zero-order chi connectivity index (χ0) is 18.2. The van der Waals surface area contributed by atoms with Crippen LogP contribution in [0.5, 0.6) is 0 Å². The summed E-state index contributed by atoms with van der Waals surface area (Å²) < 4.78 is 6.98. The van der Waals surface area contributed by atoms with E-state index in [9.17, 15) is 4.79 Å². The van der Waals surface area contributed by atoms with Gasteiger partial charge in [0.1, 0.15) is 11.2 Å². The molecular weight excluding hydrogens is 356 g/mol. The van der Waals surface area contributed by atoms with Gasteiger partial charge in [0.2, 0.25) is 5.91 Å². The predicted octanol–water partition coefficient (Wildman–Crippen LogP) is 5.77. The van der Waals surface area contributed by atoms with Gasteiger partial charge in [0.05, 0.1) is 15.2 Å². The molecule has 4 nitrogen and oxygen atoms in total. The van der Waals surface area contributed by atoms with E-state index in [0.29, 0.717) is 12.8 Å². The Labute approximate surface area is 159 Å². The second kappa shape index (κ2) is 6.52. The molecule has 3 aromatic carbocycles. The van der Waals surface area contributed by atoms with E-state index in [-0.39, 0.29) is 5.91 Å². The van der Waals surface area contributed by atoms with E-state index in [1.54, 1.807) is 11.3 Å². The van der Waals surface area contributed by atoms with Gasteiger partial charge in [-0.2, -0.15) is 0 Å². The SMILES string of the molecule is O=C(CCc1nc2ccccc2s1)Nc1ccc2oc3ccccc3c2c1. The molecule has 0 saturated heterocycles. The zero-order valence-corrected chi connectivity index (χ0v) is 15.3. The van der Waals surface area contributed by atoms with E-state index in [4.69, 9.17) is 4.42 Å². The molecule has 0 aliphatic carbocycles. The molecule has 0 atom stereocenters. The van der Waals surface area contributed by atoms with Crippen LogP contribution in [0.25, 0.3) is 32.2 Å². The van der Waals surface area contributed by atoms with Crippen molar-refractivity contribution in [3.05, 3.63) is 71.7 Å². The van der Waals surface area contributed by atoms with Crippen LogP contribution >= 0.6 is 11.3 Å². The van der Waals surface area contributed by atoms with Crippen LogP contribution in [-0.2, 0) is 11.2 Å². The lowest BCUT2D eigenvalue weighted by Crippen LogP contribution is -2.12. The molecular formula is C22H16N2O2S. The third-order valence-electron chi connectivity index (χ3n) is 4.56. The second-order valence-electron chi connectivity index (χ2n) is 6.43. The van der Waals surface area contributed by atoms with Crippen molar-refractivity contribution in [1.29, 1.82) is 0 Å². The standard InChI is InChI=1S/C22H16N2O2S/c25-21(11-12-22-24-17-6-2-4-8-20(17)27-22)23-14-9-10-19-16(13-14)15-5-1-3-7-18(15)26-19/h1-10,13H,11-12H2,(H,23,25). The number of nitrogens with zero attached hydrogens (tertiary/aromatic N) is 1. The van der Waals surface area contributed by atoms with E-state index in [1.807, 2.05) is 60.7 Å². The molecule has 0 bridgehead atoms. The van der Waals surface area contributed by atoms with E-state index >= 15 is 0 Å². The number of nitrogens with one attached hydrogen (secondary N) is 1. The van der Waals surface area contributed by atoms with Crippen LogP contribution < -0.4 is 5.32 Å². The number of aryl methyl sites for hydroxylation is 1. The van der Waals surface area contributed by atoms with Crippen LogP contribution in [0.4, 0.5) is 5.69 Å². The van der Waals surface area contributed by atoms with Crippen LogP contribution in [0.15, 0.2) is 71.1 Å². The Kier molecular flexibility index (Phi) is 3.87. The van der Waals surface area contributed by atoms with Crippen LogP contribution in [0.2, 0.25) is 0 Å². The fourth-order valence-corrected chi connectivity index (χ4v) is 4.24. The average molecular weight is 372 g/mol. The third kappa shape index (κ3) is 3.06. The number of benzene rings is 3. The highest BCUT2D eigenvalue weighted by Crippen LogP contribution is 2.30. The van der Waals surface area contributed by atoms with E-state index in [1.165, 1.54) is 0 Å². The van der Waals surface area contributed by atoms with Crippen molar-refractivity contribution in [3.63, 3.8) is 0 Å². The highest BCUT2D eigenvalue weighted by Gasteiger charge is 2.10. The molecule has 27 heavy (non-hydrogen) atoms. The number of hydrogen-bond donors (Lipinski definition) is 1. The van der Waals surface area contributed by atoms with E-state index in [2.05, 4.69) is 16.4 Å². The summed E-state index contributed by atoms with van der Waals surface area (Å²) in [5.74, 6) is -0.0126. The van der Waals surface area contributed by atoms with Crippen LogP contribution in [0.1, 0.15) is 11.4 Å². The largest absolute Gasteiger partial charge is 0.456 e. The van der Waals surface area contributed by atoms with Gasteiger partial charge >= 0.3 is 0 Å². The lowest BCUT2D eigenvalue weighted by atomic mass is 10.1. The Morgan fingerprint density at radius 1 is 0.963 bits per heavy atom. The number of thiazole rings is 1. The van der Waals surface area contributed by atoms with Gasteiger partial charge in [0.15, 0.2) is 0 Å². The Hall–Kier alpha value is -3.18. The van der Waals surface area contributed by atoms with Crippen molar-refractivity contribution in [1.82, 2.24) is 4.98 Å². The highest BCUT2D eigenvalue weighted by molar-refractivity contribution is 7.18. The number of carbonyl (C=O) groups is 1. The van der Waals surface area contributed by atoms with Gasteiger partial charge in [-0.05, 0) is 36.4 Å². The first-order valence-corrected chi connectivity index (χ1v) is 9.63. The molecule has 0 aliphatic rings. The summed E-state index contributed by atoms with van der Waals surface area (Å²) in [6, 6.07) is 21.7. The number of para-hydroxylation sites is 2. The average Bonchev–Trinajstić information content (AvgIpc) is 3.27. The van der Waals surface area contributed by atoms with Gasteiger partial charge in [-0.3, -0.25) is 4.79 Å². The monoisotopic (exact) mass is 372 g/mol. The number of rotatable bonds is 4. The summed E-state index contributed by atoms with van der Waals surface area (Å²) >= 11 is 1.65. The number of furan rings is 1. The van der Waals surface area contributed by atoms with E-state index in [0.717, 1.165) is 42.9 Å². The number of anilines is 1. The Balaban J connectivity index is 1.32. The van der Waals surface area contributed by atoms with Crippen molar-refractivity contribution in [2.75, 3.05) is 5.32 Å². The summed E-state index contributed by atoms with van der Waals surface area (Å²) in [4.78, 5) is 17.0. The fraction of sp³-hybridized carbons (Fsp3) is 0.0909. The molecule has 2 aromatic heterocycles. The molecule has 2 heterocycles. The van der Waals surface area contributed by atoms with Gasteiger partial charge < -0.3 is 9.73 Å². The Morgan fingerprint density at radius 3 is 2.70 bits per heavy atom. The maximum absolute atomic E-state index is 12.4. The second-order valence-corrected chi connectivity index (χ2v) is 7.55. The topological polar surface area (TPSA) is 55.1 Å². The maximum atomic E-state index is 12.4. The number of carbonyl (C=O) groups excluding carboxylic acids is 1.